The number of urea groups is 1. The molecule has 0 aliphatic carbocycles. The van der Waals surface area contributed by atoms with Gasteiger partial charge in [-0.3, -0.25) is 5.32 Å². The normalized spacial score (nSPS) is 18.6. The van der Waals surface area contributed by atoms with E-state index in [1.54, 1.807) is 6.33 Å². The molecule has 0 unspecified atom stereocenters. The first-order valence-electron chi connectivity index (χ1n) is 9.29. The lowest BCUT2D eigenvalue weighted by atomic mass is 10.3. The van der Waals surface area contributed by atoms with E-state index in [4.69, 9.17) is 0 Å². The first-order chi connectivity index (χ1) is 13.2. The van der Waals surface area contributed by atoms with Gasteiger partial charge in [-0.25, -0.2) is 14.8 Å². The van der Waals surface area contributed by atoms with E-state index in [1.807, 2.05) is 22.4 Å². The molecule has 4 rings (SSSR count). The predicted molar refractivity (Wildman–Crippen MR) is 109 cm³/mol. The van der Waals surface area contributed by atoms with Gasteiger partial charge in [0.2, 0.25) is 0 Å². The number of anilines is 3. The van der Waals surface area contributed by atoms with Crippen LogP contribution < -0.4 is 15.1 Å². The van der Waals surface area contributed by atoms with Gasteiger partial charge in [0.05, 0.1) is 5.00 Å². The summed E-state index contributed by atoms with van der Waals surface area (Å²) in [6.07, 6.45) is 1.65. The summed E-state index contributed by atoms with van der Waals surface area (Å²) < 4.78 is 0. The number of carbonyl (C=O) groups excluding carboxylic acids is 1. The fraction of sp³-hybridized carbons (Fsp3) is 0.500. The summed E-state index contributed by atoms with van der Waals surface area (Å²) in [5.41, 5.74) is 0. The summed E-state index contributed by atoms with van der Waals surface area (Å²) in [6, 6.07) is 5.90. The largest absolute Gasteiger partial charge is 0.354 e. The van der Waals surface area contributed by atoms with Crippen molar-refractivity contribution in [1.82, 2.24) is 19.8 Å². The van der Waals surface area contributed by atoms with Crippen LogP contribution in [0, 0.1) is 0 Å². The van der Waals surface area contributed by atoms with Crippen molar-refractivity contribution in [2.24, 2.45) is 0 Å². The van der Waals surface area contributed by atoms with Gasteiger partial charge < -0.3 is 19.6 Å². The number of nitrogens with one attached hydrogen (secondary N) is 1. The number of piperazine rings is 2. The Morgan fingerprint density at radius 1 is 1.00 bits per heavy atom. The van der Waals surface area contributed by atoms with Gasteiger partial charge in [0.1, 0.15) is 18.0 Å². The molecule has 4 heterocycles. The van der Waals surface area contributed by atoms with E-state index in [-0.39, 0.29) is 6.03 Å². The Bertz CT molecular complexity index is 753. The van der Waals surface area contributed by atoms with E-state index in [0.29, 0.717) is 13.1 Å². The fourth-order valence-electron chi connectivity index (χ4n) is 3.39. The number of likely N-dealkylation sites (N-methyl/N-ethyl adjacent to an activating group) is 1. The summed E-state index contributed by atoms with van der Waals surface area (Å²) in [5, 5.41) is 5.80. The van der Waals surface area contributed by atoms with E-state index in [0.717, 1.165) is 55.9 Å². The highest BCUT2D eigenvalue weighted by atomic mass is 32.1. The van der Waals surface area contributed by atoms with E-state index in [9.17, 15) is 4.79 Å². The summed E-state index contributed by atoms with van der Waals surface area (Å²) in [6.45, 7) is 7.01. The lowest BCUT2D eigenvalue weighted by Gasteiger charge is -2.36. The second-order valence-electron chi connectivity index (χ2n) is 6.91. The lowest BCUT2D eigenvalue weighted by molar-refractivity contribution is 0.208. The quantitative estimate of drug-likeness (QED) is 0.864. The van der Waals surface area contributed by atoms with Crippen molar-refractivity contribution in [2.75, 3.05) is 74.5 Å². The van der Waals surface area contributed by atoms with Crippen molar-refractivity contribution in [3.05, 3.63) is 29.9 Å². The number of hydrogen-bond donors (Lipinski definition) is 1. The highest BCUT2D eigenvalue weighted by molar-refractivity contribution is 7.14. The van der Waals surface area contributed by atoms with E-state index in [1.165, 1.54) is 11.3 Å². The topological polar surface area (TPSA) is 67.8 Å². The van der Waals surface area contributed by atoms with Crippen LogP contribution >= 0.6 is 11.3 Å². The average molecular weight is 388 g/mol. The molecule has 2 aromatic heterocycles. The van der Waals surface area contributed by atoms with Gasteiger partial charge in [-0.2, -0.15) is 0 Å². The number of thiophene rings is 1. The third kappa shape index (κ3) is 4.30. The molecule has 9 heteroatoms. The van der Waals surface area contributed by atoms with Crippen LogP contribution in [0.25, 0.3) is 0 Å². The van der Waals surface area contributed by atoms with Gasteiger partial charge in [0.25, 0.3) is 0 Å². The van der Waals surface area contributed by atoms with Crippen LogP contribution in [0.5, 0.6) is 0 Å². The number of aromatic nitrogens is 2. The zero-order valence-electron chi connectivity index (χ0n) is 15.5. The van der Waals surface area contributed by atoms with Crippen molar-refractivity contribution in [1.29, 1.82) is 0 Å². The first kappa shape index (κ1) is 18.0. The molecular formula is C18H25N7OS. The molecular weight excluding hydrogens is 362 g/mol. The maximum atomic E-state index is 12.4. The van der Waals surface area contributed by atoms with Crippen molar-refractivity contribution in [2.45, 2.75) is 0 Å². The van der Waals surface area contributed by atoms with E-state index < -0.39 is 0 Å². The van der Waals surface area contributed by atoms with Gasteiger partial charge in [-0.15, -0.1) is 11.3 Å². The summed E-state index contributed by atoms with van der Waals surface area (Å²) in [7, 11) is 2.15. The second-order valence-corrected chi connectivity index (χ2v) is 7.85. The molecule has 0 spiro atoms. The minimum absolute atomic E-state index is 0.0297. The van der Waals surface area contributed by atoms with Gasteiger partial charge >= 0.3 is 6.03 Å². The third-order valence-electron chi connectivity index (χ3n) is 5.11. The average Bonchev–Trinajstić information content (AvgIpc) is 3.22. The maximum Gasteiger partial charge on any atom is 0.322 e. The van der Waals surface area contributed by atoms with Crippen LogP contribution in [-0.2, 0) is 0 Å². The molecule has 2 aliphatic heterocycles. The molecule has 2 aliphatic rings. The van der Waals surface area contributed by atoms with Crippen LogP contribution in [0.4, 0.5) is 21.4 Å². The molecule has 27 heavy (non-hydrogen) atoms. The second kappa shape index (κ2) is 8.10. The smallest absolute Gasteiger partial charge is 0.322 e. The summed E-state index contributed by atoms with van der Waals surface area (Å²) >= 11 is 1.53. The first-order valence-corrected chi connectivity index (χ1v) is 10.2. The number of nitrogens with zero attached hydrogens (tertiary/aromatic N) is 6. The Labute approximate surface area is 163 Å². The monoisotopic (exact) mass is 387 g/mol. The molecule has 2 amide bonds. The highest BCUT2D eigenvalue weighted by Gasteiger charge is 2.23. The van der Waals surface area contributed by atoms with Crippen LogP contribution in [-0.4, -0.2) is 85.2 Å². The van der Waals surface area contributed by atoms with Gasteiger partial charge in [-0.05, 0) is 24.6 Å². The van der Waals surface area contributed by atoms with Crippen molar-refractivity contribution < 1.29 is 4.79 Å². The lowest BCUT2D eigenvalue weighted by Crippen LogP contribution is -2.50. The minimum Gasteiger partial charge on any atom is -0.354 e. The molecule has 2 aromatic rings. The van der Waals surface area contributed by atoms with Crippen LogP contribution in [0.1, 0.15) is 0 Å². The third-order valence-corrected chi connectivity index (χ3v) is 5.89. The fourth-order valence-corrected chi connectivity index (χ4v) is 4.00. The Morgan fingerprint density at radius 3 is 2.22 bits per heavy atom. The standard InChI is InChI=1S/C18H25N7OS/c1-22-4-6-23(7-5-22)15-13-16(20-14-19-15)24-8-10-25(11-9-24)18(26)21-17-3-2-12-27-17/h2-3,12-14H,4-11H2,1H3,(H,21,26). The summed E-state index contributed by atoms with van der Waals surface area (Å²) in [4.78, 5) is 30.0. The molecule has 1 N–H and O–H groups in total. The zero-order valence-corrected chi connectivity index (χ0v) is 16.4. The van der Waals surface area contributed by atoms with E-state index >= 15 is 0 Å². The maximum absolute atomic E-state index is 12.4. The van der Waals surface area contributed by atoms with Crippen molar-refractivity contribution >= 4 is 34.0 Å². The Hall–Kier alpha value is -2.39. The molecule has 0 saturated carbocycles. The highest BCUT2D eigenvalue weighted by Crippen LogP contribution is 2.21. The van der Waals surface area contributed by atoms with Gasteiger partial charge in [0, 0.05) is 58.4 Å². The molecule has 0 aromatic carbocycles. The van der Waals surface area contributed by atoms with Crippen LogP contribution in [0.2, 0.25) is 0 Å². The molecule has 0 radical (unpaired) electrons. The number of amides is 2. The van der Waals surface area contributed by atoms with E-state index in [2.05, 4.69) is 43.1 Å². The molecule has 2 saturated heterocycles. The van der Waals surface area contributed by atoms with Crippen LogP contribution in [0.3, 0.4) is 0 Å². The van der Waals surface area contributed by atoms with Crippen LogP contribution in [0.15, 0.2) is 29.9 Å². The SMILES string of the molecule is CN1CCN(c2cc(N3CCN(C(=O)Nc4cccs4)CC3)ncn2)CC1. The number of hydrogen-bond acceptors (Lipinski definition) is 7. The molecule has 144 valence electrons. The molecule has 8 nitrogen and oxygen atoms in total. The van der Waals surface area contributed by atoms with Gasteiger partial charge in [-0.1, -0.05) is 0 Å². The number of rotatable bonds is 3. The Balaban J connectivity index is 1.34. The molecule has 0 bridgehead atoms. The summed E-state index contributed by atoms with van der Waals surface area (Å²) in [5.74, 6) is 1.93. The predicted octanol–water partition coefficient (Wildman–Crippen LogP) is 1.64. The van der Waals surface area contributed by atoms with Crippen molar-refractivity contribution in [3.8, 4) is 0 Å². The Morgan fingerprint density at radius 2 is 1.63 bits per heavy atom. The molecule has 0 atom stereocenters. The molecule has 2 fully saturated rings. The Kier molecular flexibility index (Phi) is 5.40. The van der Waals surface area contributed by atoms with Gasteiger partial charge in [0.15, 0.2) is 0 Å². The van der Waals surface area contributed by atoms with Crippen molar-refractivity contribution in [3.63, 3.8) is 0 Å². The number of carbonyl (C=O) groups is 1. The zero-order chi connectivity index (χ0) is 18.6. The minimum atomic E-state index is -0.0297.